The van der Waals surface area contributed by atoms with Gasteiger partial charge >= 0.3 is 0 Å². The molecule has 2 aromatic carbocycles. The van der Waals surface area contributed by atoms with Gasteiger partial charge in [0.05, 0.1) is 24.8 Å². The van der Waals surface area contributed by atoms with Gasteiger partial charge in [0.1, 0.15) is 17.2 Å². The minimum absolute atomic E-state index is 0.00812. The van der Waals surface area contributed by atoms with Gasteiger partial charge in [-0.2, -0.15) is 4.31 Å². The molecule has 164 valence electrons. The molecule has 0 radical (unpaired) electrons. The highest BCUT2D eigenvalue weighted by atomic mass is 32.2. The number of aryl methyl sites for hydroxylation is 1. The Labute approximate surface area is 177 Å². The standard InChI is InChI=1S/C21H28N2O6S/c1-5-23(6-2)30(26,27)17-9-10-19(24)18(14-17)22-21(25)12-7-15-13-16(28-3)8-11-20(15)29-4/h8-11,13-14,24H,5-7,12H2,1-4H3,(H,22,25). The number of sulfonamides is 1. The Balaban J connectivity index is 2.16. The molecule has 0 aliphatic carbocycles. The van der Waals surface area contributed by atoms with Crippen LogP contribution < -0.4 is 14.8 Å². The summed E-state index contributed by atoms with van der Waals surface area (Å²) in [4.78, 5) is 12.5. The summed E-state index contributed by atoms with van der Waals surface area (Å²) in [6.45, 7) is 4.14. The molecule has 0 fully saturated rings. The van der Waals surface area contributed by atoms with Crippen molar-refractivity contribution in [1.29, 1.82) is 0 Å². The summed E-state index contributed by atoms with van der Waals surface area (Å²) in [7, 11) is -0.605. The molecule has 0 aliphatic rings. The number of phenols is 1. The maximum absolute atomic E-state index is 12.7. The largest absolute Gasteiger partial charge is 0.506 e. The summed E-state index contributed by atoms with van der Waals surface area (Å²) < 4.78 is 37.2. The van der Waals surface area contributed by atoms with Crippen LogP contribution in [0.1, 0.15) is 25.8 Å². The molecule has 1 amide bonds. The van der Waals surface area contributed by atoms with Gasteiger partial charge in [-0.1, -0.05) is 13.8 Å². The average molecular weight is 437 g/mol. The Hall–Kier alpha value is -2.78. The fourth-order valence-electron chi connectivity index (χ4n) is 3.03. The number of carbonyl (C=O) groups is 1. The highest BCUT2D eigenvalue weighted by Gasteiger charge is 2.23. The van der Waals surface area contributed by atoms with E-state index in [1.807, 2.05) is 0 Å². The fourth-order valence-corrected chi connectivity index (χ4v) is 4.51. The van der Waals surface area contributed by atoms with Gasteiger partial charge in [0.2, 0.25) is 15.9 Å². The lowest BCUT2D eigenvalue weighted by atomic mass is 10.1. The Bertz CT molecular complexity index is 987. The van der Waals surface area contributed by atoms with E-state index in [2.05, 4.69) is 5.32 Å². The number of aromatic hydroxyl groups is 1. The van der Waals surface area contributed by atoms with Crippen LogP contribution in [-0.2, 0) is 21.2 Å². The second-order valence-corrected chi connectivity index (χ2v) is 8.43. The molecule has 0 unspecified atom stereocenters. The molecular weight excluding hydrogens is 408 g/mol. The van der Waals surface area contributed by atoms with E-state index in [0.29, 0.717) is 31.0 Å². The number of amides is 1. The van der Waals surface area contributed by atoms with Gasteiger partial charge in [-0.05, 0) is 48.4 Å². The van der Waals surface area contributed by atoms with Gasteiger partial charge in [-0.15, -0.1) is 0 Å². The number of benzene rings is 2. The summed E-state index contributed by atoms with van der Waals surface area (Å²) in [5.74, 6) is 0.713. The van der Waals surface area contributed by atoms with Crippen molar-refractivity contribution < 1.29 is 27.8 Å². The maximum atomic E-state index is 12.7. The van der Waals surface area contributed by atoms with Crippen molar-refractivity contribution in [2.24, 2.45) is 0 Å². The number of anilines is 1. The van der Waals surface area contributed by atoms with Crippen molar-refractivity contribution in [3.63, 3.8) is 0 Å². The van der Waals surface area contributed by atoms with Gasteiger partial charge in [0.25, 0.3) is 0 Å². The van der Waals surface area contributed by atoms with Crippen LogP contribution >= 0.6 is 0 Å². The first-order valence-electron chi connectivity index (χ1n) is 9.60. The minimum Gasteiger partial charge on any atom is -0.506 e. The molecule has 8 nitrogen and oxygen atoms in total. The molecule has 9 heteroatoms. The van der Waals surface area contributed by atoms with Crippen LogP contribution in [0.4, 0.5) is 5.69 Å². The molecule has 2 N–H and O–H groups in total. The smallest absolute Gasteiger partial charge is 0.243 e. The number of nitrogens with one attached hydrogen (secondary N) is 1. The monoisotopic (exact) mass is 436 g/mol. The predicted molar refractivity (Wildman–Crippen MR) is 115 cm³/mol. The van der Waals surface area contributed by atoms with E-state index in [4.69, 9.17) is 9.47 Å². The van der Waals surface area contributed by atoms with Crippen LogP contribution in [-0.4, -0.2) is 51.0 Å². The van der Waals surface area contributed by atoms with E-state index in [-0.39, 0.29) is 28.7 Å². The lowest BCUT2D eigenvalue weighted by molar-refractivity contribution is -0.116. The molecule has 0 aliphatic heterocycles. The number of rotatable bonds is 10. The molecule has 2 aromatic rings. The quantitative estimate of drug-likeness (QED) is 0.555. The first kappa shape index (κ1) is 23.5. The van der Waals surface area contributed by atoms with Crippen LogP contribution in [0.2, 0.25) is 0 Å². The Morgan fingerprint density at radius 3 is 2.37 bits per heavy atom. The Morgan fingerprint density at radius 2 is 1.77 bits per heavy atom. The summed E-state index contributed by atoms with van der Waals surface area (Å²) in [6.07, 6.45) is 0.487. The van der Waals surface area contributed by atoms with Crippen molar-refractivity contribution >= 4 is 21.6 Å². The van der Waals surface area contributed by atoms with E-state index in [1.54, 1.807) is 46.3 Å². The highest BCUT2D eigenvalue weighted by molar-refractivity contribution is 7.89. The van der Waals surface area contributed by atoms with Gasteiger partial charge in [0.15, 0.2) is 0 Å². The van der Waals surface area contributed by atoms with Gasteiger partial charge in [-0.25, -0.2) is 8.42 Å². The third-order valence-corrected chi connectivity index (χ3v) is 6.74. The molecule has 0 aromatic heterocycles. The third kappa shape index (κ3) is 5.43. The van der Waals surface area contributed by atoms with E-state index < -0.39 is 10.0 Å². The minimum atomic E-state index is -3.71. The number of carbonyl (C=O) groups excluding carboxylic acids is 1. The van der Waals surface area contributed by atoms with Crippen LogP contribution in [0.3, 0.4) is 0 Å². The molecular formula is C21H28N2O6S. The van der Waals surface area contributed by atoms with E-state index >= 15 is 0 Å². The van der Waals surface area contributed by atoms with Crippen LogP contribution in [0, 0.1) is 0 Å². The normalized spacial score (nSPS) is 11.4. The topological polar surface area (TPSA) is 105 Å². The van der Waals surface area contributed by atoms with Crippen LogP contribution in [0.15, 0.2) is 41.3 Å². The van der Waals surface area contributed by atoms with Crippen molar-refractivity contribution in [2.75, 3.05) is 32.6 Å². The fraction of sp³-hybridized carbons (Fsp3) is 0.381. The first-order valence-corrected chi connectivity index (χ1v) is 11.0. The second kappa shape index (κ2) is 10.3. The third-order valence-electron chi connectivity index (χ3n) is 4.69. The number of phenolic OH excluding ortho intramolecular Hbond substituents is 1. The predicted octanol–water partition coefficient (Wildman–Crippen LogP) is 3.01. The number of hydrogen-bond donors (Lipinski definition) is 2. The number of hydrogen-bond acceptors (Lipinski definition) is 6. The highest BCUT2D eigenvalue weighted by Crippen LogP contribution is 2.29. The van der Waals surface area contributed by atoms with Gasteiger partial charge < -0.3 is 19.9 Å². The van der Waals surface area contributed by atoms with Gasteiger partial charge in [-0.3, -0.25) is 4.79 Å². The molecule has 0 saturated carbocycles. The van der Waals surface area contributed by atoms with Gasteiger partial charge in [0, 0.05) is 19.5 Å². The Morgan fingerprint density at radius 1 is 1.07 bits per heavy atom. The summed E-state index contributed by atoms with van der Waals surface area (Å²) in [6, 6.07) is 9.17. The zero-order valence-corrected chi connectivity index (χ0v) is 18.5. The molecule has 0 saturated heterocycles. The van der Waals surface area contributed by atoms with E-state index in [1.165, 1.54) is 22.5 Å². The first-order chi connectivity index (χ1) is 14.3. The number of ether oxygens (including phenoxy) is 2. The van der Waals surface area contributed by atoms with Crippen molar-refractivity contribution in [3.8, 4) is 17.2 Å². The number of methoxy groups -OCH3 is 2. The van der Waals surface area contributed by atoms with Crippen LogP contribution in [0.5, 0.6) is 17.2 Å². The summed E-state index contributed by atoms with van der Waals surface area (Å²) in [5.41, 5.74) is 0.847. The molecule has 0 heterocycles. The van der Waals surface area contributed by atoms with Crippen molar-refractivity contribution in [3.05, 3.63) is 42.0 Å². The van der Waals surface area contributed by atoms with E-state index in [0.717, 1.165) is 5.56 Å². The summed E-state index contributed by atoms with van der Waals surface area (Å²) in [5, 5.41) is 12.7. The lowest BCUT2D eigenvalue weighted by Crippen LogP contribution is -2.30. The molecule has 30 heavy (non-hydrogen) atoms. The molecule has 2 rings (SSSR count). The zero-order valence-electron chi connectivity index (χ0n) is 17.6. The van der Waals surface area contributed by atoms with E-state index in [9.17, 15) is 18.3 Å². The Kier molecular flexibility index (Phi) is 8.08. The maximum Gasteiger partial charge on any atom is 0.243 e. The SMILES string of the molecule is CCN(CC)S(=O)(=O)c1ccc(O)c(NC(=O)CCc2cc(OC)ccc2OC)c1. The molecule has 0 spiro atoms. The zero-order chi connectivity index (χ0) is 22.3. The molecule has 0 atom stereocenters. The molecule has 0 bridgehead atoms. The van der Waals surface area contributed by atoms with Crippen molar-refractivity contribution in [2.45, 2.75) is 31.6 Å². The van der Waals surface area contributed by atoms with Crippen LogP contribution in [0.25, 0.3) is 0 Å². The average Bonchev–Trinajstić information content (AvgIpc) is 2.74. The summed E-state index contributed by atoms with van der Waals surface area (Å²) >= 11 is 0. The second-order valence-electron chi connectivity index (χ2n) is 6.49. The number of nitrogens with zero attached hydrogens (tertiary/aromatic N) is 1. The lowest BCUT2D eigenvalue weighted by Gasteiger charge is -2.19. The van der Waals surface area contributed by atoms with Crippen molar-refractivity contribution in [1.82, 2.24) is 4.31 Å².